The van der Waals surface area contributed by atoms with E-state index in [2.05, 4.69) is 29.5 Å². The maximum Gasteiger partial charge on any atom is 0.243 e. The first-order valence-corrected chi connectivity index (χ1v) is 17.4. The Labute approximate surface area is 286 Å². The molecule has 0 unspecified atom stereocenters. The van der Waals surface area contributed by atoms with Gasteiger partial charge in [0.1, 0.15) is 12.1 Å². The number of likely N-dealkylation sites (tertiary alicyclic amines) is 1. The first kappa shape index (κ1) is 39.0. The van der Waals surface area contributed by atoms with E-state index in [4.69, 9.17) is 17.2 Å². The monoisotopic (exact) mass is 668 g/mol. The summed E-state index contributed by atoms with van der Waals surface area (Å²) in [6.07, 6.45) is 8.15. The molecule has 0 aromatic heterocycles. The van der Waals surface area contributed by atoms with Crippen molar-refractivity contribution in [3.63, 3.8) is 0 Å². The fourth-order valence-corrected chi connectivity index (χ4v) is 7.24. The topological polar surface area (TPSA) is 192 Å². The Kier molecular flexibility index (Phi) is 14.0. The molecule has 0 radical (unpaired) electrons. The van der Waals surface area contributed by atoms with Gasteiger partial charge in [-0.2, -0.15) is 5.06 Å². The molecule has 3 rings (SSSR count). The second-order valence-electron chi connectivity index (χ2n) is 15.2. The normalized spacial score (nSPS) is 21.5. The average Bonchev–Trinajstić information content (AvgIpc) is 3.49. The predicted octanol–water partition coefficient (Wildman–Crippen LogP) is 2.83. The summed E-state index contributed by atoms with van der Waals surface area (Å²) < 4.78 is 0. The molecule has 268 valence electrons. The van der Waals surface area contributed by atoms with Gasteiger partial charge >= 0.3 is 0 Å². The summed E-state index contributed by atoms with van der Waals surface area (Å²) in [7, 11) is 0. The van der Waals surface area contributed by atoms with Crippen molar-refractivity contribution in [2.75, 3.05) is 13.1 Å². The lowest BCUT2D eigenvalue weighted by Crippen LogP contribution is -2.64. The fourth-order valence-electron chi connectivity index (χ4n) is 7.24. The van der Waals surface area contributed by atoms with Crippen LogP contribution in [-0.2, 0) is 20.8 Å². The highest BCUT2D eigenvalue weighted by atomic mass is 16.5. The highest BCUT2D eigenvalue weighted by Crippen LogP contribution is 2.36. The molecule has 0 aliphatic carbocycles. The molecule has 2 fully saturated rings. The number of carbonyl (C=O) groups is 3. The van der Waals surface area contributed by atoms with Crippen LogP contribution in [0.5, 0.6) is 0 Å². The lowest BCUT2D eigenvalue weighted by molar-refractivity contribution is -0.246. The van der Waals surface area contributed by atoms with E-state index in [9.17, 15) is 19.6 Å². The van der Waals surface area contributed by atoms with Crippen LogP contribution in [0.1, 0.15) is 92.1 Å². The number of rotatable bonds is 15. The maximum atomic E-state index is 14.1. The number of nitrogens with two attached hydrogens (primary N) is 3. The van der Waals surface area contributed by atoms with Crippen molar-refractivity contribution < 1.29 is 19.6 Å². The molecule has 2 aliphatic rings. The third-order valence-electron chi connectivity index (χ3n) is 9.35. The van der Waals surface area contributed by atoms with E-state index in [1.807, 2.05) is 70.2 Å². The van der Waals surface area contributed by atoms with E-state index in [1.54, 1.807) is 4.90 Å². The molecule has 0 bridgehead atoms. The number of amides is 3. The molecule has 1 aromatic carbocycles. The van der Waals surface area contributed by atoms with E-state index in [-0.39, 0.29) is 35.8 Å². The molecule has 4 atom stereocenters. The van der Waals surface area contributed by atoms with Crippen molar-refractivity contribution in [3.8, 4) is 0 Å². The summed E-state index contributed by atoms with van der Waals surface area (Å²) >= 11 is 0. The van der Waals surface area contributed by atoms with Crippen molar-refractivity contribution in [2.45, 2.75) is 128 Å². The van der Waals surface area contributed by atoms with Gasteiger partial charge < -0.3 is 37.9 Å². The van der Waals surface area contributed by atoms with Crippen molar-refractivity contribution in [1.82, 2.24) is 20.6 Å². The molecular formula is C36H60N8O4. The van der Waals surface area contributed by atoms with E-state index in [0.29, 0.717) is 64.0 Å². The summed E-state index contributed by atoms with van der Waals surface area (Å²) in [5.74, 6) is -0.891. The number of benzene rings is 1. The first-order valence-electron chi connectivity index (χ1n) is 17.4. The van der Waals surface area contributed by atoms with Gasteiger partial charge in [0.15, 0.2) is 5.96 Å². The largest absolute Gasteiger partial charge is 0.370 e. The number of aliphatic imine (C=N–C) groups is 1. The minimum atomic E-state index is -0.850. The van der Waals surface area contributed by atoms with Crippen LogP contribution in [0, 0.1) is 11.8 Å². The molecule has 9 N–H and O–H groups in total. The Hall–Kier alpha value is -3.48. The number of carbonyl (C=O) groups excluding carboxylic acids is 3. The van der Waals surface area contributed by atoms with Crippen molar-refractivity contribution in [1.29, 1.82) is 0 Å². The second kappa shape index (κ2) is 17.3. The zero-order valence-corrected chi connectivity index (χ0v) is 29.8. The summed E-state index contributed by atoms with van der Waals surface area (Å²) in [4.78, 5) is 47.5. The van der Waals surface area contributed by atoms with Crippen LogP contribution in [0.15, 0.2) is 47.5 Å². The van der Waals surface area contributed by atoms with Crippen molar-refractivity contribution in [2.24, 2.45) is 34.0 Å². The number of hydrogen-bond acceptors (Lipinski definition) is 7. The van der Waals surface area contributed by atoms with Crippen LogP contribution in [0.4, 0.5) is 0 Å². The zero-order valence-electron chi connectivity index (χ0n) is 29.8. The quantitative estimate of drug-likeness (QED) is 0.0711. The number of nitrogens with one attached hydrogen (secondary N) is 2. The first-order chi connectivity index (χ1) is 22.5. The molecule has 0 saturated carbocycles. The fraction of sp³-hybridized carbons (Fsp3) is 0.667. The second-order valence-corrected chi connectivity index (χ2v) is 15.2. The lowest BCUT2D eigenvalue weighted by Gasteiger charge is -2.51. The van der Waals surface area contributed by atoms with Gasteiger partial charge in [-0.25, -0.2) is 0 Å². The summed E-state index contributed by atoms with van der Waals surface area (Å²) in [5, 5.41) is 18.2. The van der Waals surface area contributed by atoms with Crippen molar-refractivity contribution >= 4 is 23.7 Å². The standard InChI is InChI=1S/C36H60N8O4/c1-24(2)20-27(37)17-16-26(21-25-12-8-7-9-13-25)33(47)43-19-11-15-30(43)32(46)42-29(14-10-18-40-34(38)39)31(45)41-28-22-35(3,4)44(48)36(5,6)23-28/h7-9,12-13,16-17,24,26-30,48H,10-11,14-15,18-23,37H2,1-6H3,(H,41,45)(H,42,46)(H4,38,39,40)/b17-16+/t26-,27-,29+,30+/m1/s1. The van der Waals surface area contributed by atoms with Crippen molar-refractivity contribution in [3.05, 3.63) is 48.0 Å². The molecular weight excluding hydrogens is 608 g/mol. The van der Waals surface area contributed by atoms with Gasteiger partial charge in [-0.3, -0.25) is 19.4 Å². The van der Waals surface area contributed by atoms with Gasteiger partial charge in [0.2, 0.25) is 17.7 Å². The Bertz CT molecular complexity index is 1260. The molecule has 3 amide bonds. The molecule has 0 spiro atoms. The number of nitrogens with zero attached hydrogens (tertiary/aromatic N) is 3. The third-order valence-corrected chi connectivity index (χ3v) is 9.35. The predicted molar refractivity (Wildman–Crippen MR) is 190 cm³/mol. The lowest BCUT2D eigenvalue weighted by atomic mass is 9.79. The third kappa shape index (κ3) is 11.3. The van der Waals surface area contributed by atoms with Crippen LogP contribution in [0.3, 0.4) is 0 Å². The number of hydrogen-bond donors (Lipinski definition) is 6. The van der Waals surface area contributed by atoms with Crippen LogP contribution < -0.4 is 27.8 Å². The van der Waals surface area contributed by atoms with E-state index in [1.165, 1.54) is 5.06 Å². The van der Waals surface area contributed by atoms with Gasteiger partial charge in [-0.05, 0) is 90.5 Å². The molecule has 2 heterocycles. The van der Waals surface area contributed by atoms with Gasteiger partial charge in [0.05, 0.1) is 5.92 Å². The average molecular weight is 669 g/mol. The highest BCUT2D eigenvalue weighted by molar-refractivity contribution is 5.93. The van der Waals surface area contributed by atoms with Gasteiger partial charge in [0, 0.05) is 36.3 Å². The summed E-state index contributed by atoms with van der Waals surface area (Å²) in [6, 6.07) is 7.90. The number of hydroxylamine groups is 2. The molecule has 2 saturated heterocycles. The molecule has 12 nitrogen and oxygen atoms in total. The number of piperidine rings is 1. The Morgan fingerprint density at radius 3 is 2.31 bits per heavy atom. The zero-order chi connectivity index (χ0) is 35.6. The molecule has 12 heteroatoms. The Balaban J connectivity index is 1.78. The Morgan fingerprint density at radius 2 is 1.71 bits per heavy atom. The van der Waals surface area contributed by atoms with E-state index in [0.717, 1.165) is 12.0 Å². The Morgan fingerprint density at radius 1 is 1.06 bits per heavy atom. The van der Waals surface area contributed by atoms with Crippen LogP contribution in [0.2, 0.25) is 0 Å². The summed E-state index contributed by atoms with van der Waals surface area (Å²) in [5.41, 5.74) is 17.3. The van der Waals surface area contributed by atoms with E-state index >= 15 is 0 Å². The van der Waals surface area contributed by atoms with Crippen LogP contribution in [-0.4, -0.2) is 87.2 Å². The van der Waals surface area contributed by atoms with Gasteiger partial charge in [-0.15, -0.1) is 0 Å². The van der Waals surface area contributed by atoms with Crippen LogP contribution in [0.25, 0.3) is 0 Å². The molecule has 1 aromatic rings. The highest BCUT2D eigenvalue weighted by Gasteiger charge is 2.46. The SMILES string of the molecule is CC(C)C[C@H](N)/C=C/[C@H](Cc1ccccc1)C(=O)N1CCC[C@H]1C(=O)N[C@@H](CCCN=C(N)N)C(=O)NC1CC(C)(C)N(O)C(C)(C)C1. The van der Waals surface area contributed by atoms with Gasteiger partial charge in [0.25, 0.3) is 0 Å². The number of guanidine groups is 1. The molecule has 2 aliphatic heterocycles. The van der Waals surface area contributed by atoms with E-state index < -0.39 is 29.1 Å². The minimum absolute atomic E-state index is 0.0374. The summed E-state index contributed by atoms with van der Waals surface area (Å²) in [6.45, 7) is 12.7. The smallest absolute Gasteiger partial charge is 0.243 e. The van der Waals surface area contributed by atoms with Crippen LogP contribution >= 0.6 is 0 Å². The minimum Gasteiger partial charge on any atom is -0.370 e. The molecule has 48 heavy (non-hydrogen) atoms. The maximum absolute atomic E-state index is 14.1. The van der Waals surface area contributed by atoms with Gasteiger partial charge in [-0.1, -0.05) is 56.3 Å².